The molecule has 0 aliphatic heterocycles. The van der Waals surface area contributed by atoms with Crippen LogP contribution in [0.4, 0.5) is 0 Å². The van der Waals surface area contributed by atoms with Crippen LogP contribution in [0.2, 0.25) is 0 Å². The summed E-state index contributed by atoms with van der Waals surface area (Å²) in [5.74, 6) is -0.227. The third-order valence-electron chi connectivity index (χ3n) is 4.88. The van der Waals surface area contributed by atoms with Gasteiger partial charge in [-0.2, -0.15) is 5.10 Å². The highest BCUT2D eigenvalue weighted by Gasteiger charge is 2.22. The molecule has 1 amide bonds. The summed E-state index contributed by atoms with van der Waals surface area (Å²) in [6.07, 6.45) is 3.57. The minimum absolute atomic E-state index is 0.227. The largest absolute Gasteiger partial charge is 0.463 e. The number of hydrogen-bond donors (Lipinski definition) is 1. The second-order valence-corrected chi connectivity index (χ2v) is 6.52. The zero-order valence-electron chi connectivity index (χ0n) is 15.2. The third kappa shape index (κ3) is 2.91. The molecular weight excluding hydrogens is 344 g/mol. The number of amides is 1. The fraction of sp³-hybridized carbons (Fsp3) is 0.250. The Bertz CT molecular complexity index is 1180. The van der Waals surface area contributed by atoms with Crippen molar-refractivity contribution in [1.29, 1.82) is 0 Å². The molecule has 1 N–H and O–H groups in total. The lowest BCUT2D eigenvalue weighted by atomic mass is 10.1. The maximum atomic E-state index is 12.9. The van der Waals surface area contributed by atoms with Crippen LogP contribution in [-0.4, -0.2) is 20.1 Å². The number of rotatable bonds is 5. The van der Waals surface area contributed by atoms with Crippen LogP contribution >= 0.6 is 0 Å². The molecule has 0 fully saturated rings. The Morgan fingerprint density at radius 2 is 2.07 bits per heavy atom. The molecule has 0 aliphatic rings. The van der Waals surface area contributed by atoms with Crippen molar-refractivity contribution in [2.45, 2.75) is 32.9 Å². The van der Waals surface area contributed by atoms with Crippen LogP contribution in [0.15, 0.2) is 58.2 Å². The van der Waals surface area contributed by atoms with Gasteiger partial charge in [0, 0.05) is 18.7 Å². The maximum Gasteiger partial charge on any atom is 0.291 e. The molecule has 0 saturated heterocycles. The molecule has 0 radical (unpaired) electrons. The van der Waals surface area contributed by atoms with Crippen molar-refractivity contribution in [3.8, 4) is 0 Å². The molecule has 0 unspecified atom stereocenters. The van der Waals surface area contributed by atoms with Crippen LogP contribution in [0.1, 0.15) is 30.5 Å². The van der Waals surface area contributed by atoms with Crippen LogP contribution in [0.5, 0.6) is 0 Å². The lowest BCUT2D eigenvalue weighted by Crippen LogP contribution is -2.38. The molecule has 0 saturated carbocycles. The second kappa shape index (κ2) is 6.75. The Hall–Kier alpha value is -3.35. The van der Waals surface area contributed by atoms with Crippen LogP contribution < -0.4 is 10.9 Å². The highest BCUT2D eigenvalue weighted by atomic mass is 16.3. The van der Waals surface area contributed by atoms with E-state index in [1.807, 2.05) is 38.1 Å². The molecule has 0 bridgehead atoms. The number of carbonyl (C=O) groups is 1. The Morgan fingerprint density at radius 3 is 2.85 bits per heavy atom. The Balaban J connectivity index is 1.63. The van der Waals surface area contributed by atoms with Gasteiger partial charge in [0.25, 0.3) is 5.56 Å². The highest BCUT2D eigenvalue weighted by Crippen LogP contribution is 2.19. The molecule has 27 heavy (non-hydrogen) atoms. The highest BCUT2D eigenvalue weighted by molar-refractivity contribution is 5.83. The molecular formula is C20H20N4O3. The third-order valence-corrected chi connectivity index (χ3v) is 4.88. The van der Waals surface area contributed by atoms with Crippen molar-refractivity contribution in [2.24, 2.45) is 0 Å². The molecule has 1 aromatic carbocycles. The van der Waals surface area contributed by atoms with Crippen LogP contribution in [0.3, 0.4) is 0 Å². The van der Waals surface area contributed by atoms with Gasteiger partial charge in [-0.1, -0.05) is 31.2 Å². The van der Waals surface area contributed by atoms with Crippen molar-refractivity contribution < 1.29 is 9.21 Å². The molecule has 138 valence electrons. The summed E-state index contributed by atoms with van der Waals surface area (Å²) in [5, 5.41) is 7.16. The number of aryl methyl sites for hydroxylation is 1. The predicted octanol–water partition coefficient (Wildman–Crippen LogP) is 2.82. The number of nitrogens with one attached hydrogen (secondary N) is 1. The zero-order chi connectivity index (χ0) is 19.0. The number of carbonyl (C=O) groups excluding carboxylic acids is 1. The molecule has 0 aliphatic carbocycles. The molecule has 7 nitrogen and oxygen atoms in total. The molecule has 4 aromatic rings. The summed E-state index contributed by atoms with van der Waals surface area (Å²) in [6, 6.07) is 10.7. The van der Waals surface area contributed by atoms with E-state index < -0.39 is 6.04 Å². The molecule has 3 heterocycles. The van der Waals surface area contributed by atoms with E-state index in [9.17, 15) is 9.59 Å². The average molecular weight is 364 g/mol. The van der Waals surface area contributed by atoms with Crippen molar-refractivity contribution in [2.75, 3.05) is 0 Å². The fourth-order valence-electron chi connectivity index (χ4n) is 3.31. The lowest BCUT2D eigenvalue weighted by Gasteiger charge is -2.17. The van der Waals surface area contributed by atoms with Gasteiger partial charge in [-0.3, -0.25) is 14.0 Å². The molecule has 1 atom stereocenters. The number of fused-ring (bicyclic) bond motifs is 3. The minimum atomic E-state index is -0.673. The fourth-order valence-corrected chi connectivity index (χ4v) is 3.31. The summed E-state index contributed by atoms with van der Waals surface area (Å²) < 4.78 is 8.28. The van der Waals surface area contributed by atoms with E-state index in [1.54, 1.807) is 29.1 Å². The summed E-state index contributed by atoms with van der Waals surface area (Å²) in [5.41, 5.74) is 3.66. The smallest absolute Gasteiger partial charge is 0.291 e. The molecule has 7 heteroatoms. The van der Waals surface area contributed by atoms with Gasteiger partial charge < -0.3 is 9.73 Å². The number of nitrogens with zero attached hydrogens (tertiary/aromatic N) is 3. The van der Waals surface area contributed by atoms with Crippen molar-refractivity contribution in [1.82, 2.24) is 19.5 Å². The van der Waals surface area contributed by atoms with Crippen LogP contribution in [-0.2, 0) is 11.3 Å². The van der Waals surface area contributed by atoms with Crippen LogP contribution in [0.25, 0.3) is 16.6 Å². The minimum Gasteiger partial charge on any atom is -0.463 e. The Kier molecular flexibility index (Phi) is 4.27. The summed E-state index contributed by atoms with van der Waals surface area (Å²) in [7, 11) is 0. The van der Waals surface area contributed by atoms with Crippen molar-refractivity contribution >= 4 is 22.5 Å². The predicted molar refractivity (Wildman–Crippen MR) is 102 cm³/mol. The zero-order valence-corrected chi connectivity index (χ0v) is 15.2. The van der Waals surface area contributed by atoms with Gasteiger partial charge in [-0.05, 0) is 24.5 Å². The number of benzene rings is 1. The first-order valence-corrected chi connectivity index (χ1v) is 8.88. The number of hydrogen-bond acceptors (Lipinski definition) is 4. The second-order valence-electron chi connectivity index (χ2n) is 6.52. The van der Waals surface area contributed by atoms with Gasteiger partial charge in [0.15, 0.2) is 5.58 Å². The monoisotopic (exact) mass is 364 g/mol. The van der Waals surface area contributed by atoms with Gasteiger partial charge in [0.05, 0.1) is 11.8 Å². The Labute approximate surface area is 155 Å². The topological polar surface area (TPSA) is 81.5 Å². The van der Waals surface area contributed by atoms with Gasteiger partial charge in [-0.15, -0.1) is 0 Å². The summed E-state index contributed by atoms with van der Waals surface area (Å²) in [4.78, 5) is 25.6. The quantitative estimate of drug-likeness (QED) is 0.590. The lowest BCUT2D eigenvalue weighted by molar-refractivity contribution is -0.125. The van der Waals surface area contributed by atoms with E-state index in [2.05, 4.69) is 10.4 Å². The number of aromatic nitrogens is 3. The molecule has 4 rings (SSSR count). The van der Waals surface area contributed by atoms with Gasteiger partial charge in [0.2, 0.25) is 5.91 Å². The average Bonchev–Trinajstić information content (AvgIpc) is 3.25. The van der Waals surface area contributed by atoms with Gasteiger partial charge >= 0.3 is 0 Å². The van der Waals surface area contributed by atoms with E-state index in [4.69, 9.17) is 4.42 Å². The molecule has 3 aromatic heterocycles. The van der Waals surface area contributed by atoms with E-state index >= 15 is 0 Å². The SMILES string of the molecule is CC[C@@H](C(=O)NCc1ccccc1C)n1ncn2c(cc3occc32)c1=O. The molecule has 0 spiro atoms. The van der Waals surface area contributed by atoms with Crippen LogP contribution in [0, 0.1) is 6.92 Å². The first-order chi connectivity index (χ1) is 13.1. The van der Waals surface area contributed by atoms with Crippen molar-refractivity contribution in [3.05, 3.63) is 70.5 Å². The first-order valence-electron chi connectivity index (χ1n) is 8.88. The Morgan fingerprint density at radius 1 is 1.26 bits per heavy atom. The summed E-state index contributed by atoms with van der Waals surface area (Å²) >= 11 is 0. The summed E-state index contributed by atoms with van der Waals surface area (Å²) in [6.45, 7) is 4.28. The first kappa shape index (κ1) is 17.1. The van der Waals surface area contributed by atoms with Gasteiger partial charge in [0.1, 0.15) is 17.9 Å². The van der Waals surface area contributed by atoms with Gasteiger partial charge in [-0.25, -0.2) is 4.68 Å². The maximum absolute atomic E-state index is 12.9. The van der Waals surface area contributed by atoms with E-state index in [0.29, 0.717) is 24.1 Å². The van der Waals surface area contributed by atoms with E-state index in [0.717, 1.165) is 16.6 Å². The normalized spacial score (nSPS) is 12.5. The van der Waals surface area contributed by atoms with E-state index in [-0.39, 0.29) is 11.5 Å². The standard InChI is InChI=1S/C20H20N4O3/c1-3-15(19(25)21-11-14-7-5-4-6-13(14)2)24-20(26)17-10-18-16(8-9-27-18)23(17)12-22-24/h4-10,12,15H,3,11H2,1-2H3,(H,21,25)/t15-/m0/s1. The van der Waals surface area contributed by atoms with Crippen molar-refractivity contribution in [3.63, 3.8) is 0 Å². The van der Waals surface area contributed by atoms with E-state index in [1.165, 1.54) is 4.68 Å². The number of furan rings is 1.